The second kappa shape index (κ2) is 5.99. The van der Waals surface area contributed by atoms with E-state index in [4.69, 9.17) is 9.15 Å². The van der Waals surface area contributed by atoms with E-state index in [-0.39, 0.29) is 18.1 Å². The summed E-state index contributed by atoms with van der Waals surface area (Å²) in [5.41, 5.74) is 0.350. The van der Waals surface area contributed by atoms with Crippen molar-refractivity contribution in [2.75, 3.05) is 6.61 Å². The third-order valence-corrected chi connectivity index (χ3v) is 4.48. The van der Waals surface area contributed by atoms with Crippen LogP contribution in [-0.4, -0.2) is 29.6 Å². The van der Waals surface area contributed by atoms with E-state index in [9.17, 15) is 4.79 Å². The van der Waals surface area contributed by atoms with Crippen molar-refractivity contribution in [3.8, 4) is 10.8 Å². The van der Waals surface area contributed by atoms with E-state index in [1.54, 1.807) is 6.92 Å². The molecule has 1 N–H and O–H groups in total. The molecule has 5 nitrogen and oxygen atoms in total. The molecule has 1 amide bonds. The Kier molecular flexibility index (Phi) is 4.07. The summed E-state index contributed by atoms with van der Waals surface area (Å²) in [5, 5.41) is 4.91. The molecule has 3 rings (SSSR count). The first kappa shape index (κ1) is 14.3. The fourth-order valence-electron chi connectivity index (χ4n) is 2.48. The van der Waals surface area contributed by atoms with Crippen LogP contribution in [0.5, 0.6) is 0 Å². The number of aromatic nitrogens is 1. The van der Waals surface area contributed by atoms with Crippen LogP contribution in [0, 0.1) is 6.92 Å². The van der Waals surface area contributed by atoms with E-state index < -0.39 is 0 Å². The number of hydrogen-bond donors (Lipinski definition) is 1. The van der Waals surface area contributed by atoms with Gasteiger partial charge in [-0.2, -0.15) is 0 Å². The average molecular weight is 306 g/mol. The topological polar surface area (TPSA) is 64.4 Å². The van der Waals surface area contributed by atoms with Crippen molar-refractivity contribution in [1.82, 2.24) is 10.3 Å². The smallest absolute Gasteiger partial charge is 0.273 e. The van der Waals surface area contributed by atoms with Crippen LogP contribution in [0.25, 0.3) is 10.8 Å². The molecule has 2 atom stereocenters. The van der Waals surface area contributed by atoms with Crippen LogP contribution in [0.4, 0.5) is 0 Å². The molecule has 0 unspecified atom stereocenters. The Morgan fingerprint density at radius 2 is 2.43 bits per heavy atom. The summed E-state index contributed by atoms with van der Waals surface area (Å²) in [4.78, 5) is 17.6. The third-order valence-electron chi connectivity index (χ3n) is 3.62. The minimum absolute atomic E-state index is 0.0266. The van der Waals surface area contributed by atoms with Gasteiger partial charge in [-0.1, -0.05) is 6.07 Å². The van der Waals surface area contributed by atoms with Crippen molar-refractivity contribution in [1.29, 1.82) is 0 Å². The Hall–Kier alpha value is -1.66. The summed E-state index contributed by atoms with van der Waals surface area (Å²) >= 11 is 1.54. The Bertz CT molecular complexity index is 615. The molecular formula is C15H18N2O3S. The van der Waals surface area contributed by atoms with E-state index in [0.29, 0.717) is 17.3 Å². The molecule has 21 heavy (non-hydrogen) atoms. The zero-order valence-electron chi connectivity index (χ0n) is 12.1. The summed E-state index contributed by atoms with van der Waals surface area (Å²) in [6, 6.07) is 3.83. The van der Waals surface area contributed by atoms with Gasteiger partial charge >= 0.3 is 0 Å². The first-order chi connectivity index (χ1) is 10.1. The molecule has 2 aromatic heterocycles. The number of hydrogen-bond acceptors (Lipinski definition) is 5. The van der Waals surface area contributed by atoms with Gasteiger partial charge in [-0.25, -0.2) is 4.98 Å². The maximum Gasteiger partial charge on any atom is 0.273 e. The van der Waals surface area contributed by atoms with E-state index >= 15 is 0 Å². The van der Waals surface area contributed by atoms with Gasteiger partial charge in [0.25, 0.3) is 5.91 Å². The van der Waals surface area contributed by atoms with Gasteiger partial charge in [0.2, 0.25) is 5.89 Å². The highest BCUT2D eigenvalue weighted by molar-refractivity contribution is 7.13. The normalized spacial score (nSPS) is 19.6. The molecule has 3 heterocycles. The van der Waals surface area contributed by atoms with E-state index in [0.717, 1.165) is 24.3 Å². The summed E-state index contributed by atoms with van der Waals surface area (Å²) < 4.78 is 11.2. The number of thiophene rings is 1. The zero-order valence-corrected chi connectivity index (χ0v) is 12.9. The van der Waals surface area contributed by atoms with Gasteiger partial charge in [0.05, 0.1) is 17.0 Å². The summed E-state index contributed by atoms with van der Waals surface area (Å²) in [5.74, 6) is 0.829. The Labute approximate surface area is 127 Å². The third kappa shape index (κ3) is 3.01. The fraction of sp³-hybridized carbons (Fsp3) is 0.467. The maximum absolute atomic E-state index is 12.3. The first-order valence-electron chi connectivity index (χ1n) is 7.09. The highest BCUT2D eigenvalue weighted by atomic mass is 32.1. The quantitative estimate of drug-likeness (QED) is 0.943. The monoisotopic (exact) mass is 306 g/mol. The van der Waals surface area contributed by atoms with Gasteiger partial charge in [-0.05, 0) is 38.1 Å². The lowest BCUT2D eigenvalue weighted by Gasteiger charge is -2.19. The fourth-order valence-corrected chi connectivity index (χ4v) is 3.13. The average Bonchev–Trinajstić information content (AvgIpc) is 3.20. The second-order valence-corrected chi connectivity index (χ2v) is 6.16. The molecular weight excluding hydrogens is 288 g/mol. The van der Waals surface area contributed by atoms with Gasteiger partial charge in [0.1, 0.15) is 5.76 Å². The SMILES string of the molecule is Cc1oc(-c2cccs2)nc1C(=O)N[C@@H](C)[C@H]1CCCO1. The van der Waals surface area contributed by atoms with Crippen molar-refractivity contribution in [2.45, 2.75) is 38.8 Å². The predicted molar refractivity (Wildman–Crippen MR) is 80.5 cm³/mol. The number of carbonyl (C=O) groups excluding carboxylic acids is 1. The lowest BCUT2D eigenvalue weighted by Crippen LogP contribution is -2.41. The number of nitrogens with zero attached hydrogens (tertiary/aromatic N) is 1. The van der Waals surface area contributed by atoms with Crippen LogP contribution >= 0.6 is 11.3 Å². The van der Waals surface area contributed by atoms with Crippen LogP contribution in [0.1, 0.15) is 36.0 Å². The molecule has 1 saturated heterocycles. The van der Waals surface area contributed by atoms with E-state index in [1.807, 2.05) is 24.4 Å². The molecule has 0 saturated carbocycles. The molecule has 2 aromatic rings. The van der Waals surface area contributed by atoms with Crippen molar-refractivity contribution in [3.63, 3.8) is 0 Å². The van der Waals surface area contributed by atoms with Crippen molar-refractivity contribution in [3.05, 3.63) is 29.0 Å². The maximum atomic E-state index is 12.3. The van der Waals surface area contributed by atoms with Crippen LogP contribution in [0.2, 0.25) is 0 Å². The summed E-state index contributed by atoms with van der Waals surface area (Å²) in [6.07, 6.45) is 2.13. The molecule has 1 aliphatic rings. The predicted octanol–water partition coefficient (Wildman–Crippen LogP) is 3.01. The molecule has 0 bridgehead atoms. The first-order valence-corrected chi connectivity index (χ1v) is 7.97. The molecule has 1 aliphatic heterocycles. The van der Waals surface area contributed by atoms with Crippen molar-refractivity contribution in [2.24, 2.45) is 0 Å². The highest BCUT2D eigenvalue weighted by Crippen LogP contribution is 2.26. The molecule has 0 aliphatic carbocycles. The summed E-state index contributed by atoms with van der Waals surface area (Å²) in [7, 11) is 0. The standard InChI is InChI=1S/C15H18N2O3S/c1-9(11-5-3-7-19-11)16-14(18)13-10(2)20-15(17-13)12-6-4-8-21-12/h4,6,8-9,11H,3,5,7H2,1-2H3,(H,16,18)/t9-,11+/m0/s1. The Morgan fingerprint density at radius 3 is 3.10 bits per heavy atom. The van der Waals surface area contributed by atoms with Gasteiger partial charge in [0, 0.05) is 6.61 Å². The zero-order chi connectivity index (χ0) is 14.8. The minimum Gasteiger partial charge on any atom is -0.440 e. The lowest BCUT2D eigenvalue weighted by atomic mass is 10.1. The van der Waals surface area contributed by atoms with Gasteiger partial charge in [-0.15, -0.1) is 11.3 Å². The summed E-state index contributed by atoms with van der Waals surface area (Å²) in [6.45, 7) is 4.50. The molecule has 112 valence electrons. The van der Waals surface area contributed by atoms with Crippen molar-refractivity contribution >= 4 is 17.2 Å². The number of ether oxygens (including phenoxy) is 1. The number of oxazole rings is 1. The molecule has 0 aromatic carbocycles. The number of amides is 1. The number of aryl methyl sites for hydroxylation is 1. The molecule has 0 spiro atoms. The van der Waals surface area contributed by atoms with E-state index in [2.05, 4.69) is 10.3 Å². The second-order valence-electron chi connectivity index (χ2n) is 5.21. The lowest BCUT2D eigenvalue weighted by molar-refractivity contribution is 0.0709. The molecule has 1 fully saturated rings. The van der Waals surface area contributed by atoms with Gasteiger partial charge in [0.15, 0.2) is 5.69 Å². The molecule has 0 radical (unpaired) electrons. The van der Waals surface area contributed by atoms with Crippen LogP contribution in [0.15, 0.2) is 21.9 Å². The van der Waals surface area contributed by atoms with Crippen molar-refractivity contribution < 1.29 is 13.9 Å². The number of nitrogens with one attached hydrogen (secondary N) is 1. The Morgan fingerprint density at radius 1 is 1.57 bits per heavy atom. The molecule has 6 heteroatoms. The minimum atomic E-state index is -0.206. The number of carbonyl (C=O) groups is 1. The van der Waals surface area contributed by atoms with Crippen LogP contribution in [0.3, 0.4) is 0 Å². The van der Waals surface area contributed by atoms with Crippen LogP contribution in [-0.2, 0) is 4.74 Å². The van der Waals surface area contributed by atoms with E-state index in [1.165, 1.54) is 11.3 Å². The largest absolute Gasteiger partial charge is 0.440 e. The Balaban J connectivity index is 1.72. The van der Waals surface area contributed by atoms with Crippen LogP contribution < -0.4 is 5.32 Å². The number of rotatable bonds is 4. The highest BCUT2D eigenvalue weighted by Gasteiger charge is 2.26. The van der Waals surface area contributed by atoms with Gasteiger partial charge < -0.3 is 14.5 Å². The van der Waals surface area contributed by atoms with Gasteiger partial charge in [-0.3, -0.25) is 4.79 Å².